The third-order valence-electron chi connectivity index (χ3n) is 20.6. The van der Waals surface area contributed by atoms with Gasteiger partial charge in [0.1, 0.15) is 28.7 Å². The average Bonchev–Trinajstić information content (AvgIpc) is 1.76. The van der Waals surface area contributed by atoms with Crippen molar-refractivity contribution in [1.29, 1.82) is 0 Å². The minimum atomic E-state index is -1.19. The van der Waals surface area contributed by atoms with Gasteiger partial charge in [-0.05, 0) is 228 Å². The van der Waals surface area contributed by atoms with Crippen LogP contribution < -0.4 is 16.4 Å². The molecule has 0 aliphatic carbocycles. The molecule has 7 aromatic rings. The van der Waals surface area contributed by atoms with Gasteiger partial charge in [0.15, 0.2) is 46.5 Å². The van der Waals surface area contributed by atoms with Crippen molar-refractivity contribution in [2.24, 2.45) is 11.7 Å². The number of nitrogens with one attached hydrogen (secondary N) is 2. The van der Waals surface area contributed by atoms with Gasteiger partial charge in [-0.1, -0.05) is 155 Å². The zero-order valence-corrected chi connectivity index (χ0v) is 77.9. The van der Waals surface area contributed by atoms with Gasteiger partial charge >= 0.3 is 30.3 Å². The number of ether oxygens (including phenoxy) is 4. The molecule has 5 N–H and O–H groups in total. The second kappa shape index (κ2) is 54.2. The number of carbonyl (C=O) groups is 6. The number of aldehydes is 1. The molecule has 26 nitrogen and oxygen atoms in total. The minimum absolute atomic E-state index is 0. The Morgan fingerprint density at radius 3 is 1.32 bits per heavy atom. The predicted molar refractivity (Wildman–Crippen MR) is 479 cm³/mol. The first-order chi connectivity index (χ1) is 60.8. The molecule has 0 radical (unpaired) electrons. The summed E-state index contributed by atoms with van der Waals surface area (Å²) in [6.07, 6.45) is 11.1. The number of aromatic carboxylic acids is 1. The molecule has 0 aromatic heterocycles. The van der Waals surface area contributed by atoms with Gasteiger partial charge in [0.25, 0.3) is 0 Å². The number of alkyl carbamates (subject to hydrolysis) is 1. The molecule has 4 amide bonds. The molecule has 0 saturated carbocycles. The molecule has 7 aromatic carbocycles. The summed E-state index contributed by atoms with van der Waals surface area (Å²) in [6, 6.07) is 41.7. The fourth-order valence-corrected chi connectivity index (χ4v) is 13.9. The third kappa shape index (κ3) is 39.9. The molecule has 3 fully saturated rings. The van der Waals surface area contributed by atoms with E-state index >= 15 is 0 Å². The van der Waals surface area contributed by atoms with E-state index in [4.69, 9.17) is 29.8 Å². The van der Waals surface area contributed by atoms with Crippen molar-refractivity contribution in [3.05, 3.63) is 298 Å². The first-order valence-electron chi connectivity index (χ1n) is 42.6. The molecule has 0 bridgehead atoms. The second-order valence-corrected chi connectivity index (χ2v) is 35.0. The average molecular weight is 1880 g/mol. The molecule has 7 atom stereocenters. The number of carboxylic acids is 1. The Balaban J connectivity index is 0.000000396. The minimum Gasteiger partial charge on any atom is -0.478 e. The van der Waals surface area contributed by atoms with Crippen molar-refractivity contribution in [3.8, 4) is 0 Å². The van der Waals surface area contributed by atoms with E-state index in [2.05, 4.69) is 99.0 Å². The summed E-state index contributed by atoms with van der Waals surface area (Å²) < 4.78 is 125. The first kappa shape index (κ1) is 113. The van der Waals surface area contributed by atoms with E-state index in [1.165, 1.54) is 96.8 Å². The van der Waals surface area contributed by atoms with Gasteiger partial charge in [-0.15, -0.1) is 0 Å². The van der Waals surface area contributed by atoms with Gasteiger partial charge in [0, 0.05) is 81.1 Å². The van der Waals surface area contributed by atoms with Crippen molar-refractivity contribution in [2.45, 2.75) is 225 Å². The molecule has 0 spiro atoms. The fraction of sp³-hybridized carbons (Fsp3) is 0.458. The molecule has 131 heavy (non-hydrogen) atoms. The van der Waals surface area contributed by atoms with Crippen LogP contribution in [0.25, 0.3) is 6.08 Å². The molecule has 718 valence electrons. The summed E-state index contributed by atoms with van der Waals surface area (Å²) in [5.41, 5.74) is 8.52. The number of hydrogen-bond acceptors (Lipinski definition) is 18. The van der Waals surface area contributed by atoms with Crippen LogP contribution in [-0.2, 0) is 46.2 Å². The largest absolute Gasteiger partial charge is 0.478 e. The summed E-state index contributed by atoms with van der Waals surface area (Å²) >= 11 is 0. The van der Waals surface area contributed by atoms with Gasteiger partial charge in [-0.25, -0.2) is 59.1 Å². The number of hydrogen-bond donors (Lipinski definition) is 4. The maximum absolute atomic E-state index is 13.4. The molecule has 35 heteroatoms. The van der Waals surface area contributed by atoms with E-state index < -0.39 is 138 Å². The quantitative estimate of drug-likeness (QED) is 0.0125. The molecular formula is C96H123F8FeN9O17. The van der Waals surface area contributed by atoms with Crippen LogP contribution in [0.15, 0.2) is 182 Å². The van der Waals surface area contributed by atoms with Crippen LogP contribution in [0.5, 0.6) is 0 Å². The smallest absolute Gasteiger partial charge is 0.414 e. The molecule has 1 unspecified atom stereocenters. The number of likely N-dealkylation sites (tertiary alicyclic amines) is 2. The van der Waals surface area contributed by atoms with Gasteiger partial charge in [-0.3, -0.25) is 40.0 Å². The molecule has 11 rings (SSSR count). The Hall–Kier alpha value is -11.7. The van der Waals surface area contributed by atoms with Crippen LogP contribution >= 0.6 is 0 Å². The van der Waals surface area contributed by atoms with Crippen LogP contribution in [0, 0.1) is 82.8 Å². The standard InChI is InChI=1S/C18H21N.C16H20F2N2O4.C16H18F2N2O4.C16H22F2N2O2.C9H6F2O.C7H14N2O4.C7H6O2.C7H16.Fe/c1-18(17-13-8-14-19-17,15-9-4-2-5-10-15)16-11-6-3-7-12-16;2*1-16(2,3)24-15(21)19-7-6-11(14(9-19)20(22)23)10-4-5-12(17)13(18)8-10;1-16(2,3)22-15(21)20-7-6-11(14(19)9-20)10-4-5-12(17)13(18)8-10;10-8-4-3-7(2-1-5-12)6-9(8)11;1-7(2,3)13-6(10)8-4-5-9(11)12;8-7(9)6-4-2-1-3-5-6;1-4-7(5-2)6-3;/h2-7,9-12,17,19H,8,13-14H2,1H3;4-5,8,11,14H,6-7,9H2,1-3H3;4-8,11,14H,9H2,1-3H3;4-5,8,11,14H,6-7,9,19H2,1-3H3;1-6H;4-5H2,1-3H3,(H,8,10);1-5H,(H,8,9);7H,4-6H2,1-3H3;/b;;;;2-1+;;;;/t;3*11-,14+;;;;;/m.000...../s1. The molecular weight excluding hydrogens is 1760 g/mol. The number of carboxylic acid groups (broad SMARTS) is 1. The van der Waals surface area contributed by atoms with E-state index in [-0.39, 0.29) is 79.2 Å². The maximum atomic E-state index is 13.4. The SMILES string of the molecule is CC(C)(C)OC(=O)N1C=C[C@@H](c2ccc(F)c(F)c2)[C@H]([N+](=O)[O-])C1.CC(C)(C)OC(=O)N1CC[C@@H](c2ccc(F)c(F)c2)[C@H](N)C1.CC(C)(C)OC(=O)N1CC[C@@H](c2ccc(F)c(F)c2)[C@H]([N+](=O)[O-])C1.CC(C)(C)OC(=O)NCC[N+](=O)[O-].CC(c1ccccc1)(c1ccccc1)C1CCCN1.CCC(CC)CC.O=C(O)c1ccccc1.O=C/C=C/c1ccc(F)c(F)c1.[Fe]. The topological polar surface area (TPSA) is 349 Å². The number of nitro groups is 3. The number of piperidine rings is 2. The number of amides is 4. The Labute approximate surface area is 771 Å². The number of rotatable bonds is 17. The molecule has 4 aliphatic heterocycles. The van der Waals surface area contributed by atoms with Crippen molar-refractivity contribution >= 4 is 42.7 Å². The van der Waals surface area contributed by atoms with Crippen molar-refractivity contribution in [1.82, 2.24) is 25.3 Å². The summed E-state index contributed by atoms with van der Waals surface area (Å²) in [6.45, 7) is 31.5. The number of carbonyl (C=O) groups excluding carboxylic acids is 5. The van der Waals surface area contributed by atoms with Gasteiger partial charge in [-0.2, -0.15) is 0 Å². The Kier molecular flexibility index (Phi) is 47.0. The van der Waals surface area contributed by atoms with E-state index in [0.717, 1.165) is 59.8 Å². The van der Waals surface area contributed by atoms with E-state index in [0.29, 0.717) is 54.1 Å². The van der Waals surface area contributed by atoms with Crippen molar-refractivity contribution < 1.29 is 120 Å². The normalized spacial score (nSPS) is 17.5. The van der Waals surface area contributed by atoms with Crippen LogP contribution in [0.1, 0.15) is 217 Å². The second-order valence-electron chi connectivity index (χ2n) is 35.0. The number of allylic oxidation sites excluding steroid dienone is 1. The van der Waals surface area contributed by atoms with Crippen LogP contribution in [0.3, 0.4) is 0 Å². The first-order valence-corrected chi connectivity index (χ1v) is 42.6. The van der Waals surface area contributed by atoms with Gasteiger partial charge < -0.3 is 50.2 Å². The van der Waals surface area contributed by atoms with Crippen LogP contribution in [-0.4, -0.2) is 170 Å². The third-order valence-corrected chi connectivity index (χ3v) is 20.6. The summed E-state index contributed by atoms with van der Waals surface area (Å²) in [7, 11) is 0. The van der Waals surface area contributed by atoms with Crippen molar-refractivity contribution in [2.75, 3.05) is 52.4 Å². The predicted octanol–water partition coefficient (Wildman–Crippen LogP) is 20.7. The summed E-state index contributed by atoms with van der Waals surface area (Å²) in [5, 5.41) is 47.0. The van der Waals surface area contributed by atoms with Crippen LogP contribution in [0.4, 0.5) is 54.3 Å². The van der Waals surface area contributed by atoms with Crippen LogP contribution in [0.2, 0.25) is 0 Å². The Bertz CT molecular complexity index is 4810. The van der Waals surface area contributed by atoms with Gasteiger partial charge in [0.2, 0.25) is 18.6 Å². The maximum Gasteiger partial charge on any atom is 0.414 e. The van der Waals surface area contributed by atoms with E-state index in [1.54, 1.807) is 124 Å². The zero-order chi connectivity index (χ0) is 97.6. The summed E-state index contributed by atoms with van der Waals surface area (Å²) in [5.74, 6) is -9.04. The number of halogens is 8. The van der Waals surface area contributed by atoms with Crippen molar-refractivity contribution in [3.63, 3.8) is 0 Å². The summed E-state index contributed by atoms with van der Waals surface area (Å²) in [4.78, 5) is 102. The molecule has 4 aliphatic rings. The number of benzene rings is 7. The number of nitrogens with two attached hydrogens (primary N) is 1. The zero-order valence-electron chi connectivity index (χ0n) is 76.8. The molecule has 3 saturated heterocycles. The van der Waals surface area contributed by atoms with E-state index in [9.17, 15) is 94.2 Å². The monoisotopic (exact) mass is 1880 g/mol. The fourth-order valence-electron chi connectivity index (χ4n) is 13.9. The van der Waals surface area contributed by atoms with Gasteiger partial charge in [0.05, 0.1) is 37.0 Å². The Morgan fingerprint density at radius 2 is 0.939 bits per heavy atom. The number of nitrogens with zero attached hydrogens (tertiary/aromatic N) is 6. The van der Waals surface area contributed by atoms with E-state index in [1.807, 2.05) is 0 Å². The Morgan fingerprint density at radius 1 is 0.527 bits per heavy atom. The molecule has 4 heterocycles.